The van der Waals surface area contributed by atoms with Crippen molar-refractivity contribution in [1.82, 2.24) is 19.9 Å². The maximum atomic E-state index is 13.4. The Morgan fingerprint density at radius 1 is 0.971 bits per heavy atom. The summed E-state index contributed by atoms with van der Waals surface area (Å²) in [6.45, 7) is 4.19. The molecule has 1 fully saturated rings. The molecule has 0 amide bonds. The molecule has 0 bridgehead atoms. The molecule has 0 atom stereocenters. The lowest BCUT2D eigenvalue weighted by Crippen LogP contribution is -2.48. The number of anilines is 3. The van der Waals surface area contributed by atoms with Crippen LogP contribution in [-0.4, -0.2) is 59.7 Å². The molecular formula is C22H22Cl2F3N7. The van der Waals surface area contributed by atoms with Crippen molar-refractivity contribution < 1.29 is 13.2 Å². The molecule has 1 aromatic carbocycles. The molecule has 34 heavy (non-hydrogen) atoms. The summed E-state index contributed by atoms with van der Waals surface area (Å²) in [7, 11) is 1.87. The summed E-state index contributed by atoms with van der Waals surface area (Å²) in [5.41, 5.74) is -0.0527. The highest BCUT2D eigenvalue weighted by Gasteiger charge is 2.36. The first-order valence-electron chi connectivity index (χ1n) is 10.6. The van der Waals surface area contributed by atoms with Crippen LogP contribution in [0.2, 0.25) is 10.0 Å². The van der Waals surface area contributed by atoms with Gasteiger partial charge in [-0.25, -0.2) is 4.98 Å². The minimum absolute atomic E-state index is 0.0619. The van der Waals surface area contributed by atoms with Crippen molar-refractivity contribution in [3.05, 3.63) is 52.1 Å². The number of hydrogen-bond donors (Lipinski definition) is 0. The van der Waals surface area contributed by atoms with E-state index in [0.29, 0.717) is 66.1 Å². The van der Waals surface area contributed by atoms with Gasteiger partial charge in [-0.05, 0) is 37.3 Å². The smallest absolute Gasteiger partial charge is 0.353 e. The summed E-state index contributed by atoms with van der Waals surface area (Å²) < 4.78 is 40.3. The van der Waals surface area contributed by atoms with E-state index in [1.54, 1.807) is 23.1 Å². The van der Waals surface area contributed by atoms with E-state index < -0.39 is 11.7 Å². The average molecular weight is 512 g/mol. The number of benzene rings is 1. The Morgan fingerprint density at radius 2 is 1.68 bits per heavy atom. The minimum Gasteiger partial charge on any atom is -0.353 e. The zero-order valence-corrected chi connectivity index (χ0v) is 20.0. The Kier molecular flexibility index (Phi) is 6.99. The second-order valence-electron chi connectivity index (χ2n) is 7.75. The molecule has 7 nitrogen and oxygen atoms in total. The average Bonchev–Trinajstić information content (AvgIpc) is 2.84. The number of pyridine rings is 1. The molecule has 0 aliphatic carbocycles. The fourth-order valence-electron chi connectivity index (χ4n) is 3.56. The van der Waals surface area contributed by atoms with Crippen molar-refractivity contribution in [2.24, 2.45) is 0 Å². The molecule has 0 unspecified atom stereocenters. The number of piperazine rings is 1. The van der Waals surface area contributed by atoms with Gasteiger partial charge in [-0.2, -0.15) is 28.1 Å². The van der Waals surface area contributed by atoms with Gasteiger partial charge in [0, 0.05) is 51.5 Å². The van der Waals surface area contributed by atoms with E-state index in [2.05, 4.69) is 19.9 Å². The van der Waals surface area contributed by atoms with E-state index in [0.717, 1.165) is 6.07 Å². The number of nitrogens with zero attached hydrogens (tertiary/aromatic N) is 7. The van der Waals surface area contributed by atoms with E-state index in [4.69, 9.17) is 23.2 Å². The molecule has 0 radical (unpaired) electrons. The van der Waals surface area contributed by atoms with Gasteiger partial charge in [0.1, 0.15) is 5.82 Å². The van der Waals surface area contributed by atoms with Gasteiger partial charge in [-0.3, -0.25) is 0 Å². The SMILES string of the molecule is CCN(C)c1nc(-c2ccc(Cl)c(Cl)c2)nc(N2CCN(c3ncccc3C(F)(F)F)CC2)n1. The van der Waals surface area contributed by atoms with Crippen molar-refractivity contribution in [3.63, 3.8) is 0 Å². The van der Waals surface area contributed by atoms with Gasteiger partial charge in [0.2, 0.25) is 11.9 Å². The largest absolute Gasteiger partial charge is 0.419 e. The molecule has 12 heteroatoms. The predicted octanol–water partition coefficient (Wildman–Crippen LogP) is 5.04. The van der Waals surface area contributed by atoms with Gasteiger partial charge < -0.3 is 14.7 Å². The Hall–Kier alpha value is -2.85. The molecule has 0 saturated carbocycles. The Balaban J connectivity index is 1.61. The van der Waals surface area contributed by atoms with Crippen LogP contribution < -0.4 is 14.7 Å². The standard InChI is InChI=1S/C22H22Cl2F3N7/c1-3-32(2)20-29-18(14-6-7-16(23)17(24)13-14)30-21(31-20)34-11-9-33(10-12-34)19-15(22(25,26)27)5-4-8-28-19/h4-8,13H,3,9-12H2,1-2H3. The molecule has 180 valence electrons. The number of aromatic nitrogens is 4. The van der Waals surface area contributed by atoms with E-state index in [1.807, 2.05) is 23.8 Å². The van der Waals surface area contributed by atoms with E-state index in [1.165, 1.54) is 12.3 Å². The lowest BCUT2D eigenvalue weighted by Gasteiger charge is -2.36. The van der Waals surface area contributed by atoms with Crippen LogP contribution in [0.3, 0.4) is 0 Å². The molecule has 1 aliphatic heterocycles. The lowest BCUT2D eigenvalue weighted by atomic mass is 10.2. The molecule has 1 saturated heterocycles. The first-order chi connectivity index (χ1) is 16.2. The Labute approximate surface area is 205 Å². The Morgan fingerprint density at radius 3 is 2.32 bits per heavy atom. The van der Waals surface area contributed by atoms with Crippen molar-refractivity contribution in [1.29, 1.82) is 0 Å². The van der Waals surface area contributed by atoms with Gasteiger partial charge in [-0.1, -0.05) is 23.2 Å². The fraction of sp³-hybridized carbons (Fsp3) is 0.364. The molecule has 0 spiro atoms. The molecule has 1 aliphatic rings. The van der Waals surface area contributed by atoms with Crippen molar-refractivity contribution >= 4 is 40.9 Å². The van der Waals surface area contributed by atoms with Crippen molar-refractivity contribution in [2.75, 3.05) is 54.5 Å². The van der Waals surface area contributed by atoms with Crippen molar-refractivity contribution in [2.45, 2.75) is 13.1 Å². The normalized spacial score (nSPS) is 14.4. The topological polar surface area (TPSA) is 61.3 Å². The van der Waals surface area contributed by atoms with Crippen LogP contribution in [0, 0.1) is 0 Å². The molecular weight excluding hydrogens is 490 g/mol. The number of rotatable bonds is 5. The second-order valence-corrected chi connectivity index (χ2v) is 8.56. The third kappa shape index (κ3) is 5.12. The van der Waals surface area contributed by atoms with Gasteiger partial charge in [0.25, 0.3) is 0 Å². The Bertz CT molecular complexity index is 1170. The second kappa shape index (κ2) is 9.79. The maximum absolute atomic E-state index is 13.4. The van der Waals surface area contributed by atoms with Gasteiger partial charge >= 0.3 is 6.18 Å². The summed E-state index contributed by atoms with van der Waals surface area (Å²) in [6, 6.07) is 7.49. The van der Waals surface area contributed by atoms with E-state index >= 15 is 0 Å². The van der Waals surface area contributed by atoms with Crippen LogP contribution in [0.1, 0.15) is 12.5 Å². The highest BCUT2D eigenvalue weighted by atomic mass is 35.5. The van der Waals surface area contributed by atoms with Crippen LogP contribution in [0.25, 0.3) is 11.4 Å². The quantitative estimate of drug-likeness (QED) is 0.475. The fourth-order valence-corrected chi connectivity index (χ4v) is 3.86. The number of hydrogen-bond acceptors (Lipinski definition) is 7. The summed E-state index contributed by atoms with van der Waals surface area (Å²) in [6.07, 6.45) is -3.09. The highest BCUT2D eigenvalue weighted by molar-refractivity contribution is 6.42. The van der Waals surface area contributed by atoms with Crippen LogP contribution in [0.5, 0.6) is 0 Å². The lowest BCUT2D eigenvalue weighted by molar-refractivity contribution is -0.137. The molecule has 4 rings (SSSR count). The van der Waals surface area contributed by atoms with Crippen molar-refractivity contribution in [3.8, 4) is 11.4 Å². The molecule has 2 aromatic heterocycles. The number of halogens is 5. The zero-order chi connectivity index (χ0) is 24.5. The summed E-state index contributed by atoms with van der Waals surface area (Å²) in [5.74, 6) is 1.31. The predicted molar refractivity (Wildman–Crippen MR) is 128 cm³/mol. The van der Waals surface area contributed by atoms with E-state index in [9.17, 15) is 13.2 Å². The first kappa shape index (κ1) is 24.3. The number of alkyl halides is 3. The molecule has 3 aromatic rings. The van der Waals surface area contributed by atoms with E-state index in [-0.39, 0.29) is 5.82 Å². The van der Waals surface area contributed by atoms with Crippen LogP contribution in [-0.2, 0) is 6.18 Å². The first-order valence-corrected chi connectivity index (χ1v) is 11.4. The monoisotopic (exact) mass is 511 g/mol. The van der Waals surface area contributed by atoms with Gasteiger partial charge in [-0.15, -0.1) is 0 Å². The third-order valence-corrected chi connectivity index (χ3v) is 6.30. The van der Waals surface area contributed by atoms with Gasteiger partial charge in [0.05, 0.1) is 15.6 Å². The minimum atomic E-state index is -4.47. The maximum Gasteiger partial charge on any atom is 0.419 e. The zero-order valence-electron chi connectivity index (χ0n) is 18.5. The molecule has 0 N–H and O–H groups in total. The molecule has 3 heterocycles. The third-order valence-electron chi connectivity index (χ3n) is 5.56. The van der Waals surface area contributed by atoms with Crippen LogP contribution in [0.4, 0.5) is 30.9 Å². The summed E-state index contributed by atoms with van der Waals surface area (Å²) in [5, 5.41) is 0.811. The summed E-state index contributed by atoms with van der Waals surface area (Å²) in [4.78, 5) is 23.3. The van der Waals surface area contributed by atoms with Gasteiger partial charge in [0.15, 0.2) is 5.82 Å². The summed E-state index contributed by atoms with van der Waals surface area (Å²) >= 11 is 12.2. The van der Waals surface area contributed by atoms with Crippen LogP contribution >= 0.6 is 23.2 Å². The van der Waals surface area contributed by atoms with Crippen LogP contribution in [0.15, 0.2) is 36.5 Å². The highest BCUT2D eigenvalue weighted by Crippen LogP contribution is 2.35.